The fourth-order valence-corrected chi connectivity index (χ4v) is 2.76. The summed E-state index contributed by atoms with van der Waals surface area (Å²) < 4.78 is 1.77. The van der Waals surface area contributed by atoms with Crippen molar-refractivity contribution in [3.63, 3.8) is 0 Å². The molecule has 0 aliphatic carbocycles. The van der Waals surface area contributed by atoms with Crippen molar-refractivity contribution < 1.29 is 0 Å². The normalized spacial score (nSPS) is 11.2. The quantitative estimate of drug-likeness (QED) is 0.860. The number of thioether (sulfide) groups is 1. The SMILES string of the molecule is CSc1ccccc1-c1nn(C)c(N)c1C(C)C. The van der Waals surface area contributed by atoms with E-state index < -0.39 is 0 Å². The second-order valence-electron chi connectivity index (χ2n) is 4.63. The highest BCUT2D eigenvalue weighted by atomic mass is 32.2. The van der Waals surface area contributed by atoms with Crippen LogP contribution < -0.4 is 5.73 Å². The third kappa shape index (κ3) is 2.12. The van der Waals surface area contributed by atoms with Crippen molar-refractivity contribution in [3.05, 3.63) is 29.8 Å². The molecule has 96 valence electrons. The summed E-state index contributed by atoms with van der Waals surface area (Å²) in [5, 5.41) is 4.59. The van der Waals surface area contributed by atoms with Crippen LogP contribution in [0.25, 0.3) is 11.3 Å². The predicted octanol–water partition coefficient (Wildman–Crippen LogP) is 3.51. The topological polar surface area (TPSA) is 43.8 Å². The molecular formula is C14H19N3S. The van der Waals surface area contributed by atoms with Crippen LogP contribution >= 0.6 is 11.8 Å². The minimum Gasteiger partial charge on any atom is -0.384 e. The number of nitrogen functional groups attached to an aromatic ring is 1. The summed E-state index contributed by atoms with van der Waals surface area (Å²) in [6.07, 6.45) is 2.08. The highest BCUT2D eigenvalue weighted by molar-refractivity contribution is 7.98. The van der Waals surface area contributed by atoms with Gasteiger partial charge < -0.3 is 5.73 Å². The van der Waals surface area contributed by atoms with E-state index in [-0.39, 0.29) is 0 Å². The Balaban J connectivity index is 2.67. The van der Waals surface area contributed by atoms with Gasteiger partial charge in [0, 0.05) is 23.1 Å². The Morgan fingerprint density at radius 3 is 2.56 bits per heavy atom. The fourth-order valence-electron chi connectivity index (χ4n) is 2.16. The van der Waals surface area contributed by atoms with Gasteiger partial charge in [-0.05, 0) is 18.2 Å². The summed E-state index contributed by atoms with van der Waals surface area (Å²) in [6, 6.07) is 8.33. The number of rotatable bonds is 3. The van der Waals surface area contributed by atoms with E-state index in [0.717, 1.165) is 17.1 Å². The number of hydrogen-bond acceptors (Lipinski definition) is 3. The number of anilines is 1. The van der Waals surface area contributed by atoms with Gasteiger partial charge in [0.15, 0.2) is 0 Å². The van der Waals surface area contributed by atoms with Crippen LogP contribution in [0.3, 0.4) is 0 Å². The maximum Gasteiger partial charge on any atom is 0.125 e. The Hall–Kier alpha value is -1.42. The predicted molar refractivity (Wildman–Crippen MR) is 78.9 cm³/mol. The van der Waals surface area contributed by atoms with E-state index in [9.17, 15) is 0 Å². The molecule has 0 unspecified atom stereocenters. The number of nitrogens with two attached hydrogens (primary N) is 1. The van der Waals surface area contributed by atoms with Gasteiger partial charge in [-0.2, -0.15) is 5.10 Å². The molecule has 18 heavy (non-hydrogen) atoms. The average Bonchev–Trinajstić information content (AvgIpc) is 2.65. The van der Waals surface area contributed by atoms with E-state index >= 15 is 0 Å². The zero-order chi connectivity index (χ0) is 13.3. The first-order valence-electron chi connectivity index (χ1n) is 6.02. The zero-order valence-corrected chi connectivity index (χ0v) is 12.1. The molecule has 0 atom stereocenters. The van der Waals surface area contributed by atoms with Crippen molar-refractivity contribution in [3.8, 4) is 11.3 Å². The molecule has 0 saturated heterocycles. The average molecular weight is 261 g/mol. The van der Waals surface area contributed by atoms with Gasteiger partial charge in [-0.1, -0.05) is 32.0 Å². The van der Waals surface area contributed by atoms with Crippen molar-refractivity contribution >= 4 is 17.6 Å². The molecule has 0 aliphatic rings. The molecule has 0 radical (unpaired) electrons. The molecule has 1 aromatic carbocycles. The van der Waals surface area contributed by atoms with Crippen molar-refractivity contribution in [2.24, 2.45) is 7.05 Å². The summed E-state index contributed by atoms with van der Waals surface area (Å²) >= 11 is 1.74. The van der Waals surface area contributed by atoms with Gasteiger partial charge in [0.1, 0.15) is 5.82 Å². The van der Waals surface area contributed by atoms with Crippen LogP contribution in [0.1, 0.15) is 25.3 Å². The lowest BCUT2D eigenvalue weighted by Gasteiger charge is -2.09. The summed E-state index contributed by atoms with van der Waals surface area (Å²) in [7, 11) is 1.90. The van der Waals surface area contributed by atoms with Crippen LogP contribution in [0.15, 0.2) is 29.2 Å². The van der Waals surface area contributed by atoms with Gasteiger partial charge in [0.25, 0.3) is 0 Å². The summed E-state index contributed by atoms with van der Waals surface area (Å²) in [6.45, 7) is 4.30. The molecule has 2 rings (SSSR count). The summed E-state index contributed by atoms with van der Waals surface area (Å²) in [4.78, 5) is 1.23. The Labute approximate surface area is 112 Å². The lowest BCUT2D eigenvalue weighted by molar-refractivity contribution is 0.779. The fraction of sp³-hybridized carbons (Fsp3) is 0.357. The smallest absolute Gasteiger partial charge is 0.125 e. The number of hydrogen-bond donors (Lipinski definition) is 1. The van der Waals surface area contributed by atoms with E-state index in [1.165, 1.54) is 10.5 Å². The summed E-state index contributed by atoms with van der Waals surface area (Å²) in [5.41, 5.74) is 9.44. The molecule has 0 amide bonds. The van der Waals surface area contributed by atoms with Gasteiger partial charge in [-0.25, -0.2) is 0 Å². The Morgan fingerprint density at radius 1 is 1.28 bits per heavy atom. The minimum absolute atomic E-state index is 0.364. The molecule has 2 N–H and O–H groups in total. The maximum absolute atomic E-state index is 6.13. The van der Waals surface area contributed by atoms with Crippen LogP contribution in [-0.4, -0.2) is 16.0 Å². The first-order valence-corrected chi connectivity index (χ1v) is 7.24. The maximum atomic E-state index is 6.13. The van der Waals surface area contributed by atoms with Crippen LogP contribution in [0.4, 0.5) is 5.82 Å². The van der Waals surface area contributed by atoms with Crippen molar-refractivity contribution in [2.75, 3.05) is 12.0 Å². The van der Waals surface area contributed by atoms with E-state index in [2.05, 4.69) is 43.4 Å². The van der Waals surface area contributed by atoms with E-state index in [1.807, 2.05) is 13.1 Å². The monoisotopic (exact) mass is 261 g/mol. The van der Waals surface area contributed by atoms with Gasteiger partial charge in [0.05, 0.1) is 5.69 Å². The molecule has 0 spiro atoms. The Kier molecular flexibility index (Phi) is 3.66. The molecule has 3 nitrogen and oxygen atoms in total. The van der Waals surface area contributed by atoms with Crippen molar-refractivity contribution in [2.45, 2.75) is 24.7 Å². The number of aryl methyl sites for hydroxylation is 1. The van der Waals surface area contributed by atoms with E-state index in [1.54, 1.807) is 16.4 Å². The molecule has 4 heteroatoms. The van der Waals surface area contributed by atoms with Crippen LogP contribution in [0.2, 0.25) is 0 Å². The molecule has 0 bridgehead atoms. The number of benzene rings is 1. The molecule has 0 fully saturated rings. The van der Waals surface area contributed by atoms with Crippen molar-refractivity contribution in [1.82, 2.24) is 9.78 Å². The molecule has 1 aromatic heterocycles. The van der Waals surface area contributed by atoms with Gasteiger partial charge in [-0.15, -0.1) is 11.8 Å². The first kappa shape index (κ1) is 13.0. The zero-order valence-electron chi connectivity index (χ0n) is 11.3. The van der Waals surface area contributed by atoms with Gasteiger partial charge in [-0.3, -0.25) is 4.68 Å². The lowest BCUT2D eigenvalue weighted by Crippen LogP contribution is -2.00. The summed E-state index contributed by atoms with van der Waals surface area (Å²) in [5.74, 6) is 1.12. The molecule has 2 aromatic rings. The van der Waals surface area contributed by atoms with Gasteiger partial charge in [0.2, 0.25) is 0 Å². The van der Waals surface area contributed by atoms with E-state index in [0.29, 0.717) is 5.92 Å². The highest BCUT2D eigenvalue weighted by Crippen LogP contribution is 2.36. The van der Waals surface area contributed by atoms with Crippen LogP contribution in [0, 0.1) is 0 Å². The minimum atomic E-state index is 0.364. The Bertz CT molecular complexity index is 558. The first-order chi connectivity index (χ1) is 8.56. The van der Waals surface area contributed by atoms with Gasteiger partial charge >= 0.3 is 0 Å². The third-order valence-electron chi connectivity index (χ3n) is 3.07. The molecule has 1 heterocycles. The van der Waals surface area contributed by atoms with Crippen LogP contribution in [0.5, 0.6) is 0 Å². The molecular weight excluding hydrogens is 242 g/mol. The molecule has 0 aliphatic heterocycles. The number of nitrogens with zero attached hydrogens (tertiary/aromatic N) is 2. The standard InChI is InChI=1S/C14H19N3S/c1-9(2)12-13(16-17(3)14(12)15)10-7-5-6-8-11(10)18-4/h5-9H,15H2,1-4H3. The second-order valence-corrected chi connectivity index (χ2v) is 5.47. The number of aromatic nitrogens is 2. The van der Waals surface area contributed by atoms with Crippen molar-refractivity contribution in [1.29, 1.82) is 0 Å². The largest absolute Gasteiger partial charge is 0.384 e. The molecule has 0 saturated carbocycles. The second kappa shape index (κ2) is 5.06. The Morgan fingerprint density at radius 2 is 1.94 bits per heavy atom. The third-order valence-corrected chi connectivity index (χ3v) is 3.86. The lowest BCUT2D eigenvalue weighted by atomic mass is 9.98. The van der Waals surface area contributed by atoms with E-state index in [4.69, 9.17) is 5.73 Å². The highest BCUT2D eigenvalue weighted by Gasteiger charge is 2.19. The van der Waals surface area contributed by atoms with Crippen LogP contribution in [-0.2, 0) is 7.05 Å².